The molecule has 7 heteroatoms. The first-order valence-electron chi connectivity index (χ1n) is 7.82. The van der Waals surface area contributed by atoms with E-state index in [-0.39, 0.29) is 18.0 Å². The van der Waals surface area contributed by atoms with Crippen molar-refractivity contribution in [1.29, 1.82) is 0 Å². The molecule has 0 aromatic heterocycles. The molecular formula is C17H23N2O5+. The zero-order valence-electron chi connectivity index (χ0n) is 13.9. The second-order valence-electron chi connectivity index (χ2n) is 5.58. The number of hydrogen-bond donors (Lipinski definition) is 3. The van der Waals surface area contributed by atoms with E-state index in [4.69, 9.17) is 9.84 Å². The molecular weight excluding hydrogens is 312 g/mol. The smallest absolute Gasteiger partial charge is 0.290 e. The Morgan fingerprint density at radius 1 is 1.29 bits per heavy atom. The Hall–Kier alpha value is -2.38. The molecule has 0 fully saturated rings. The van der Waals surface area contributed by atoms with Crippen LogP contribution in [0.2, 0.25) is 0 Å². The van der Waals surface area contributed by atoms with E-state index in [1.807, 2.05) is 5.32 Å². The van der Waals surface area contributed by atoms with E-state index in [9.17, 15) is 14.7 Å². The Bertz CT molecular complexity index is 639. The molecule has 1 aliphatic rings. The van der Waals surface area contributed by atoms with Crippen LogP contribution in [0.1, 0.15) is 18.5 Å². The monoisotopic (exact) mass is 335 g/mol. The van der Waals surface area contributed by atoms with Crippen LogP contribution < -0.4 is 10.1 Å². The number of amides is 1. The van der Waals surface area contributed by atoms with Crippen LogP contribution in [0.25, 0.3) is 0 Å². The number of nitrogens with two attached hydrogens (primary N) is 1. The predicted octanol–water partition coefficient (Wildman–Crippen LogP) is -0.465. The van der Waals surface area contributed by atoms with Gasteiger partial charge < -0.3 is 25.2 Å². The highest BCUT2D eigenvalue weighted by Crippen LogP contribution is 2.37. The largest absolute Gasteiger partial charge is 0.503 e. The summed E-state index contributed by atoms with van der Waals surface area (Å²) in [7, 11) is 1.56. The van der Waals surface area contributed by atoms with Crippen LogP contribution in [-0.4, -0.2) is 60.2 Å². The Balaban J connectivity index is 2.31. The molecule has 130 valence electrons. The number of quaternary nitrogens is 1. The molecule has 0 spiro atoms. The standard InChI is InChI=1S/C17H22N2O5/c1-11(21)14-15(12-3-5-13(24-2)6-4-12)19(17(23)16(14)22)9-7-18-8-10-20/h3-6,15,18,20,22H,7-10H2,1-2H3/p+1/t15-/m0/s1. The zero-order chi connectivity index (χ0) is 17.7. The van der Waals surface area contributed by atoms with Gasteiger partial charge in [-0.2, -0.15) is 0 Å². The van der Waals surface area contributed by atoms with Gasteiger partial charge in [0.2, 0.25) is 0 Å². The number of hydrogen-bond acceptors (Lipinski definition) is 5. The molecule has 0 aliphatic carbocycles. The lowest BCUT2D eigenvalue weighted by Crippen LogP contribution is -2.86. The van der Waals surface area contributed by atoms with Crippen LogP contribution in [0.3, 0.4) is 0 Å². The zero-order valence-corrected chi connectivity index (χ0v) is 13.9. The average Bonchev–Trinajstić information content (AvgIpc) is 2.83. The molecule has 0 radical (unpaired) electrons. The number of ketones is 1. The lowest BCUT2D eigenvalue weighted by Gasteiger charge is -2.26. The molecule has 1 aliphatic heterocycles. The maximum Gasteiger partial charge on any atom is 0.290 e. The third-order valence-corrected chi connectivity index (χ3v) is 4.02. The van der Waals surface area contributed by atoms with E-state index in [0.29, 0.717) is 25.4 Å². The normalized spacial score (nSPS) is 17.5. The van der Waals surface area contributed by atoms with Crippen LogP contribution in [0.4, 0.5) is 0 Å². The molecule has 0 bridgehead atoms. The number of aliphatic hydroxyl groups excluding tert-OH is 2. The number of Topliss-reactive ketones (excluding diaryl/α,β-unsaturated/α-hetero) is 1. The number of benzene rings is 1. The Labute approximate surface area is 140 Å². The van der Waals surface area contributed by atoms with Gasteiger partial charge in [0.05, 0.1) is 45.0 Å². The van der Waals surface area contributed by atoms with E-state index in [2.05, 4.69) is 0 Å². The van der Waals surface area contributed by atoms with Crippen molar-refractivity contribution in [3.8, 4) is 5.75 Å². The highest BCUT2D eigenvalue weighted by Gasteiger charge is 2.42. The second kappa shape index (κ2) is 7.94. The average molecular weight is 335 g/mol. The maximum absolute atomic E-state index is 12.4. The molecule has 1 amide bonds. The molecule has 0 unspecified atom stereocenters. The fourth-order valence-corrected chi connectivity index (χ4v) is 2.84. The fraction of sp³-hybridized carbons (Fsp3) is 0.412. The van der Waals surface area contributed by atoms with Gasteiger partial charge >= 0.3 is 0 Å². The number of methoxy groups -OCH3 is 1. The number of ether oxygens (including phenoxy) is 1. The minimum Gasteiger partial charge on any atom is -0.503 e. The van der Waals surface area contributed by atoms with Gasteiger partial charge in [-0.05, 0) is 24.6 Å². The molecule has 0 saturated carbocycles. The SMILES string of the molecule is COc1ccc([C@H]2C(C(C)=O)=C(O)C(=O)N2CC[NH2+]CCO)cc1. The van der Waals surface area contributed by atoms with Crippen molar-refractivity contribution in [3.63, 3.8) is 0 Å². The minimum atomic E-state index is -0.608. The topological polar surface area (TPSA) is 104 Å². The van der Waals surface area contributed by atoms with Gasteiger partial charge in [0.1, 0.15) is 5.75 Å². The van der Waals surface area contributed by atoms with Gasteiger partial charge in [0.25, 0.3) is 5.91 Å². The fourth-order valence-electron chi connectivity index (χ4n) is 2.84. The molecule has 24 heavy (non-hydrogen) atoms. The lowest BCUT2D eigenvalue weighted by atomic mass is 9.96. The number of rotatable bonds is 8. The molecule has 4 N–H and O–H groups in total. The molecule has 1 aromatic rings. The summed E-state index contributed by atoms with van der Waals surface area (Å²) in [5.74, 6) is -0.684. The van der Waals surface area contributed by atoms with Gasteiger partial charge in [-0.25, -0.2) is 0 Å². The summed E-state index contributed by atoms with van der Waals surface area (Å²) in [5.41, 5.74) is 0.855. The van der Waals surface area contributed by atoms with Crippen LogP contribution in [0, 0.1) is 0 Å². The molecule has 1 aromatic carbocycles. The van der Waals surface area contributed by atoms with Crippen LogP contribution in [0.5, 0.6) is 5.75 Å². The summed E-state index contributed by atoms with van der Waals surface area (Å²) in [6, 6.07) is 6.46. The van der Waals surface area contributed by atoms with Crippen molar-refractivity contribution in [2.75, 3.05) is 33.4 Å². The van der Waals surface area contributed by atoms with Gasteiger partial charge in [0, 0.05) is 0 Å². The second-order valence-corrected chi connectivity index (χ2v) is 5.58. The Morgan fingerprint density at radius 3 is 2.50 bits per heavy atom. The number of aliphatic hydroxyl groups is 2. The van der Waals surface area contributed by atoms with Gasteiger partial charge in [0.15, 0.2) is 11.5 Å². The van der Waals surface area contributed by atoms with E-state index >= 15 is 0 Å². The summed E-state index contributed by atoms with van der Waals surface area (Å²) >= 11 is 0. The minimum absolute atomic E-state index is 0.0536. The first kappa shape index (κ1) is 18.0. The van der Waals surface area contributed by atoms with Crippen molar-refractivity contribution in [2.45, 2.75) is 13.0 Å². The third kappa shape index (κ3) is 3.58. The summed E-state index contributed by atoms with van der Waals surface area (Å²) in [6.45, 7) is 2.86. The van der Waals surface area contributed by atoms with Crippen LogP contribution in [0.15, 0.2) is 35.6 Å². The van der Waals surface area contributed by atoms with Gasteiger partial charge in [-0.15, -0.1) is 0 Å². The first-order valence-corrected chi connectivity index (χ1v) is 7.82. The number of carbonyl (C=O) groups excluding carboxylic acids is 2. The summed E-state index contributed by atoms with van der Waals surface area (Å²) in [6.07, 6.45) is 0. The molecule has 0 saturated heterocycles. The van der Waals surface area contributed by atoms with Crippen molar-refractivity contribution in [2.24, 2.45) is 0 Å². The van der Waals surface area contributed by atoms with Gasteiger partial charge in [-0.3, -0.25) is 9.59 Å². The number of carbonyl (C=O) groups is 2. The Kier molecular flexibility index (Phi) is 5.94. The summed E-state index contributed by atoms with van der Waals surface area (Å²) in [4.78, 5) is 25.8. The van der Waals surface area contributed by atoms with E-state index < -0.39 is 17.7 Å². The molecule has 1 heterocycles. The summed E-state index contributed by atoms with van der Waals surface area (Å²) in [5, 5.41) is 20.8. The van der Waals surface area contributed by atoms with Crippen molar-refractivity contribution in [1.82, 2.24) is 4.90 Å². The first-order chi connectivity index (χ1) is 11.5. The van der Waals surface area contributed by atoms with Crippen molar-refractivity contribution in [3.05, 3.63) is 41.2 Å². The molecule has 7 nitrogen and oxygen atoms in total. The molecule has 2 rings (SSSR count). The van der Waals surface area contributed by atoms with Crippen LogP contribution in [-0.2, 0) is 9.59 Å². The van der Waals surface area contributed by atoms with Crippen LogP contribution >= 0.6 is 0 Å². The quantitative estimate of drug-likeness (QED) is 0.558. The Morgan fingerprint density at radius 2 is 1.96 bits per heavy atom. The highest BCUT2D eigenvalue weighted by molar-refractivity contribution is 6.08. The third-order valence-electron chi connectivity index (χ3n) is 4.02. The highest BCUT2D eigenvalue weighted by atomic mass is 16.5. The predicted molar refractivity (Wildman–Crippen MR) is 86.5 cm³/mol. The van der Waals surface area contributed by atoms with E-state index in [0.717, 1.165) is 5.56 Å². The lowest BCUT2D eigenvalue weighted by molar-refractivity contribution is -0.655. The number of nitrogens with zero attached hydrogens (tertiary/aromatic N) is 1. The van der Waals surface area contributed by atoms with E-state index in [1.165, 1.54) is 11.8 Å². The van der Waals surface area contributed by atoms with Gasteiger partial charge in [-0.1, -0.05) is 12.1 Å². The molecule has 1 atom stereocenters. The van der Waals surface area contributed by atoms with Crippen molar-refractivity contribution >= 4 is 11.7 Å². The van der Waals surface area contributed by atoms with E-state index in [1.54, 1.807) is 31.4 Å². The summed E-state index contributed by atoms with van der Waals surface area (Å²) < 4.78 is 5.13. The van der Waals surface area contributed by atoms with Crippen molar-refractivity contribution < 1.29 is 29.9 Å². The maximum atomic E-state index is 12.4.